The molecule has 1 aromatic rings. The molecule has 3 N–H and O–H groups in total. The number of H-pyrrole nitrogens is 1. The highest BCUT2D eigenvalue weighted by Gasteiger charge is 2.36. The smallest absolute Gasteiger partial charge is 0.318 e. The van der Waals surface area contributed by atoms with Crippen molar-refractivity contribution in [2.24, 2.45) is 0 Å². The van der Waals surface area contributed by atoms with E-state index >= 15 is 0 Å². The van der Waals surface area contributed by atoms with E-state index in [9.17, 15) is 4.79 Å². The lowest BCUT2D eigenvalue weighted by Gasteiger charge is -2.33. The quantitative estimate of drug-likeness (QED) is 0.775. The summed E-state index contributed by atoms with van der Waals surface area (Å²) in [5.41, 5.74) is 1.17. The van der Waals surface area contributed by atoms with Crippen LogP contribution < -0.4 is 10.6 Å². The van der Waals surface area contributed by atoms with Crippen LogP contribution >= 0.6 is 0 Å². The number of aromatic nitrogens is 1. The number of carbonyl (C=O) groups excluding carboxylic acids is 1. The third-order valence-electron chi connectivity index (χ3n) is 4.51. The number of amides is 2. The standard InChI is InChI=1S/C14H22N4O/c1-15-11-2-4-12(5-3-11)18-9-13(17-14(18)19)10-6-7-16-8-10/h6-8,11-13,15-16H,2-5,9H2,1H3,(H,17,19). The summed E-state index contributed by atoms with van der Waals surface area (Å²) in [6.45, 7) is 0.797. The number of carbonyl (C=O) groups is 1. The first-order valence-electron chi connectivity index (χ1n) is 7.15. The highest BCUT2D eigenvalue weighted by atomic mass is 16.2. The van der Waals surface area contributed by atoms with E-state index in [2.05, 4.69) is 15.6 Å². The fourth-order valence-electron chi connectivity index (χ4n) is 3.29. The molecular formula is C14H22N4O. The van der Waals surface area contributed by atoms with Crippen molar-refractivity contribution in [3.8, 4) is 0 Å². The van der Waals surface area contributed by atoms with Crippen molar-refractivity contribution in [3.05, 3.63) is 24.0 Å². The van der Waals surface area contributed by atoms with Crippen LogP contribution in [0.25, 0.3) is 0 Å². The van der Waals surface area contributed by atoms with Gasteiger partial charge in [-0.3, -0.25) is 0 Å². The molecule has 0 spiro atoms. The van der Waals surface area contributed by atoms with Crippen molar-refractivity contribution in [1.29, 1.82) is 0 Å². The molecule has 3 rings (SSSR count). The van der Waals surface area contributed by atoms with Gasteiger partial charge in [0.25, 0.3) is 0 Å². The number of nitrogens with zero attached hydrogens (tertiary/aromatic N) is 1. The number of hydrogen-bond acceptors (Lipinski definition) is 2. The molecule has 0 bridgehead atoms. The van der Waals surface area contributed by atoms with Gasteiger partial charge in [0.05, 0.1) is 6.04 Å². The van der Waals surface area contributed by atoms with Crippen LogP contribution in [-0.4, -0.2) is 41.6 Å². The molecule has 2 heterocycles. The number of urea groups is 1. The van der Waals surface area contributed by atoms with Gasteiger partial charge < -0.3 is 20.5 Å². The van der Waals surface area contributed by atoms with Gasteiger partial charge in [-0.2, -0.15) is 0 Å². The monoisotopic (exact) mass is 262 g/mol. The van der Waals surface area contributed by atoms with Crippen LogP contribution in [0.4, 0.5) is 4.79 Å². The Labute approximate surface area is 113 Å². The minimum atomic E-state index is 0.0964. The van der Waals surface area contributed by atoms with Gasteiger partial charge >= 0.3 is 6.03 Å². The predicted molar refractivity (Wildman–Crippen MR) is 73.9 cm³/mol. The maximum absolute atomic E-state index is 12.1. The highest BCUT2D eigenvalue weighted by molar-refractivity contribution is 5.77. The van der Waals surface area contributed by atoms with Crippen LogP contribution in [0.15, 0.2) is 18.5 Å². The summed E-state index contributed by atoms with van der Waals surface area (Å²) >= 11 is 0. The second-order valence-corrected chi connectivity index (χ2v) is 5.59. The lowest BCUT2D eigenvalue weighted by molar-refractivity contribution is 0.170. The second-order valence-electron chi connectivity index (χ2n) is 5.59. The summed E-state index contributed by atoms with van der Waals surface area (Å²) < 4.78 is 0. The molecule has 1 saturated carbocycles. The number of nitrogens with one attached hydrogen (secondary N) is 3. The summed E-state index contributed by atoms with van der Waals surface area (Å²) in [6, 6.07) is 3.31. The molecule has 0 radical (unpaired) electrons. The first-order valence-corrected chi connectivity index (χ1v) is 7.15. The molecule has 1 unspecified atom stereocenters. The number of aromatic amines is 1. The minimum Gasteiger partial charge on any atom is -0.367 e. The second kappa shape index (κ2) is 5.25. The van der Waals surface area contributed by atoms with Crippen LogP contribution in [0.2, 0.25) is 0 Å². The SMILES string of the molecule is CNC1CCC(N2CC(c3cc[nH]c3)NC2=O)CC1. The molecule has 1 aliphatic carbocycles. The zero-order chi connectivity index (χ0) is 13.2. The molecule has 5 nitrogen and oxygen atoms in total. The minimum absolute atomic E-state index is 0.0964. The van der Waals surface area contributed by atoms with E-state index in [4.69, 9.17) is 0 Å². The summed E-state index contributed by atoms with van der Waals surface area (Å²) in [7, 11) is 2.02. The van der Waals surface area contributed by atoms with Crippen LogP contribution in [0.3, 0.4) is 0 Å². The van der Waals surface area contributed by atoms with Crippen LogP contribution in [0.1, 0.15) is 37.3 Å². The first kappa shape index (κ1) is 12.5. The Morgan fingerprint density at radius 3 is 2.74 bits per heavy atom. The van der Waals surface area contributed by atoms with Gasteiger partial charge in [0.1, 0.15) is 0 Å². The number of hydrogen-bond donors (Lipinski definition) is 3. The molecule has 19 heavy (non-hydrogen) atoms. The van der Waals surface area contributed by atoms with Crippen LogP contribution in [-0.2, 0) is 0 Å². The fourth-order valence-corrected chi connectivity index (χ4v) is 3.29. The predicted octanol–water partition coefficient (Wildman–Crippen LogP) is 1.61. The molecule has 0 aromatic carbocycles. The van der Waals surface area contributed by atoms with E-state index in [1.807, 2.05) is 30.4 Å². The van der Waals surface area contributed by atoms with Gasteiger partial charge in [-0.05, 0) is 44.4 Å². The van der Waals surface area contributed by atoms with Gasteiger partial charge in [-0.15, -0.1) is 0 Å². The van der Waals surface area contributed by atoms with E-state index in [0.717, 1.165) is 19.4 Å². The topological polar surface area (TPSA) is 60.2 Å². The Hall–Kier alpha value is -1.49. The molecule has 1 aliphatic heterocycles. The van der Waals surface area contributed by atoms with Crippen molar-refractivity contribution in [2.45, 2.75) is 43.8 Å². The van der Waals surface area contributed by atoms with E-state index < -0.39 is 0 Å². The average molecular weight is 262 g/mol. The summed E-state index contributed by atoms with van der Waals surface area (Å²) in [6.07, 6.45) is 8.42. The van der Waals surface area contributed by atoms with Crippen molar-refractivity contribution in [2.75, 3.05) is 13.6 Å². The fraction of sp³-hybridized carbons (Fsp3) is 0.643. The summed E-state index contributed by atoms with van der Waals surface area (Å²) in [4.78, 5) is 17.2. The van der Waals surface area contributed by atoms with E-state index in [1.165, 1.54) is 18.4 Å². The molecule has 1 saturated heterocycles. The maximum atomic E-state index is 12.1. The molecule has 2 fully saturated rings. The van der Waals surface area contributed by atoms with E-state index in [0.29, 0.717) is 12.1 Å². The van der Waals surface area contributed by atoms with Gasteiger partial charge in [-0.1, -0.05) is 0 Å². The Morgan fingerprint density at radius 2 is 2.11 bits per heavy atom. The Bertz CT molecular complexity index is 423. The largest absolute Gasteiger partial charge is 0.367 e. The first-order chi connectivity index (χ1) is 9.28. The lowest BCUT2D eigenvalue weighted by Crippen LogP contribution is -2.43. The lowest BCUT2D eigenvalue weighted by atomic mass is 9.90. The third-order valence-corrected chi connectivity index (χ3v) is 4.51. The van der Waals surface area contributed by atoms with Gasteiger partial charge in [0.2, 0.25) is 0 Å². The van der Waals surface area contributed by atoms with Crippen molar-refractivity contribution < 1.29 is 4.79 Å². The zero-order valence-corrected chi connectivity index (χ0v) is 11.4. The van der Waals surface area contributed by atoms with E-state index in [-0.39, 0.29) is 12.1 Å². The Morgan fingerprint density at radius 1 is 1.32 bits per heavy atom. The van der Waals surface area contributed by atoms with Crippen molar-refractivity contribution in [3.63, 3.8) is 0 Å². The zero-order valence-electron chi connectivity index (χ0n) is 11.4. The van der Waals surface area contributed by atoms with Gasteiger partial charge in [-0.25, -0.2) is 4.79 Å². The molecule has 1 atom stereocenters. The number of rotatable bonds is 3. The van der Waals surface area contributed by atoms with Gasteiger partial charge in [0, 0.05) is 31.0 Å². The molecule has 1 aromatic heterocycles. The molecule has 5 heteroatoms. The summed E-state index contributed by atoms with van der Waals surface area (Å²) in [5, 5.41) is 6.41. The average Bonchev–Trinajstić information content (AvgIpc) is 3.08. The van der Waals surface area contributed by atoms with E-state index in [1.54, 1.807) is 0 Å². The Kier molecular flexibility index (Phi) is 3.46. The molecular weight excluding hydrogens is 240 g/mol. The van der Waals surface area contributed by atoms with Crippen molar-refractivity contribution >= 4 is 6.03 Å². The van der Waals surface area contributed by atoms with Crippen molar-refractivity contribution in [1.82, 2.24) is 20.5 Å². The van der Waals surface area contributed by atoms with Gasteiger partial charge in [0.15, 0.2) is 0 Å². The molecule has 104 valence electrons. The summed E-state index contributed by atoms with van der Waals surface area (Å²) in [5.74, 6) is 0. The van der Waals surface area contributed by atoms with Crippen LogP contribution in [0.5, 0.6) is 0 Å². The molecule has 2 aliphatic rings. The van der Waals surface area contributed by atoms with Crippen LogP contribution in [0, 0.1) is 0 Å². The highest BCUT2D eigenvalue weighted by Crippen LogP contribution is 2.28. The maximum Gasteiger partial charge on any atom is 0.318 e. The Balaban J connectivity index is 1.62. The third kappa shape index (κ3) is 2.47. The normalized spacial score (nSPS) is 31.5. The molecule has 2 amide bonds.